The van der Waals surface area contributed by atoms with E-state index in [0.717, 1.165) is 12.5 Å². The second kappa shape index (κ2) is 6.36. The highest BCUT2D eigenvalue weighted by molar-refractivity contribution is 7.44. The van der Waals surface area contributed by atoms with Crippen molar-refractivity contribution < 1.29 is 9.05 Å². The summed E-state index contributed by atoms with van der Waals surface area (Å²) < 4.78 is 14.3. The third-order valence-corrected chi connectivity index (χ3v) is 5.79. The van der Waals surface area contributed by atoms with Gasteiger partial charge >= 0.3 is 0 Å². The molecule has 104 valence electrons. The van der Waals surface area contributed by atoms with E-state index in [0.29, 0.717) is 12.0 Å². The van der Waals surface area contributed by atoms with Crippen LogP contribution in [0.4, 0.5) is 0 Å². The number of hydrogen-bond acceptors (Lipinski definition) is 3. The van der Waals surface area contributed by atoms with E-state index in [1.54, 1.807) is 0 Å². The van der Waals surface area contributed by atoms with Gasteiger partial charge in [-0.15, -0.1) is 0 Å². The Morgan fingerprint density at radius 1 is 1.39 bits per heavy atom. The third-order valence-electron chi connectivity index (χ3n) is 3.98. The summed E-state index contributed by atoms with van der Waals surface area (Å²) in [7, 11) is -0.956. The maximum Gasteiger partial charge on any atom is 0.289 e. The molecule has 0 N–H and O–H groups in total. The molecule has 1 aliphatic carbocycles. The Balaban J connectivity index is 2.16. The molecule has 2 fully saturated rings. The first-order chi connectivity index (χ1) is 8.63. The van der Waals surface area contributed by atoms with Crippen molar-refractivity contribution >= 4 is 8.53 Å². The number of nitrogens with zero attached hydrogens (tertiary/aromatic N) is 1. The van der Waals surface area contributed by atoms with Crippen molar-refractivity contribution in [2.24, 2.45) is 11.8 Å². The average molecular weight is 271 g/mol. The number of rotatable bonds is 3. The van der Waals surface area contributed by atoms with Crippen LogP contribution in [0.2, 0.25) is 0 Å². The maximum absolute atomic E-state index is 6.02. The van der Waals surface area contributed by atoms with Gasteiger partial charge in [0.15, 0.2) is 0 Å². The van der Waals surface area contributed by atoms with Crippen molar-refractivity contribution in [3.05, 3.63) is 12.8 Å². The molecule has 0 spiro atoms. The van der Waals surface area contributed by atoms with E-state index in [9.17, 15) is 0 Å². The van der Waals surface area contributed by atoms with E-state index in [-0.39, 0.29) is 6.10 Å². The van der Waals surface area contributed by atoms with E-state index in [1.165, 1.54) is 25.7 Å². The summed E-state index contributed by atoms with van der Waals surface area (Å²) in [6.07, 6.45) is 7.40. The van der Waals surface area contributed by atoms with Crippen LogP contribution in [-0.2, 0) is 9.05 Å². The molecule has 3 nitrogen and oxygen atoms in total. The normalized spacial score (nSPS) is 37.2. The van der Waals surface area contributed by atoms with Gasteiger partial charge in [-0.3, -0.25) is 0 Å². The van der Waals surface area contributed by atoms with Crippen LogP contribution in [0.3, 0.4) is 0 Å². The summed E-state index contributed by atoms with van der Waals surface area (Å²) in [6, 6.07) is 0.568. The van der Waals surface area contributed by atoms with Gasteiger partial charge < -0.3 is 13.7 Å². The van der Waals surface area contributed by atoms with E-state index in [4.69, 9.17) is 9.05 Å². The molecule has 0 radical (unpaired) electrons. The van der Waals surface area contributed by atoms with E-state index in [1.807, 2.05) is 6.20 Å². The summed E-state index contributed by atoms with van der Waals surface area (Å²) >= 11 is 0. The lowest BCUT2D eigenvalue weighted by molar-refractivity contribution is 0.157. The molecule has 1 heterocycles. The van der Waals surface area contributed by atoms with E-state index in [2.05, 4.69) is 32.0 Å². The highest BCUT2D eigenvalue weighted by Gasteiger charge is 2.40. The van der Waals surface area contributed by atoms with Gasteiger partial charge in [0.25, 0.3) is 8.53 Å². The molecule has 4 atom stereocenters. The second-order valence-electron chi connectivity index (χ2n) is 5.74. The molecular formula is C14H26NO2P. The minimum absolute atomic E-state index is 0.203. The van der Waals surface area contributed by atoms with Gasteiger partial charge in [0.1, 0.15) is 0 Å². The van der Waals surface area contributed by atoms with Crippen LogP contribution < -0.4 is 0 Å². The predicted octanol–water partition coefficient (Wildman–Crippen LogP) is 4.31. The van der Waals surface area contributed by atoms with Crippen LogP contribution >= 0.6 is 8.53 Å². The standard InChI is InChI=1S/C14H26NO2P/c1-5-15-14-9-7-6-8-13(14)12(4)10-16-18(15)17-11(2)3/h5,11-14H,1,6-10H2,2-4H3/t12-,13?,14-,18-/m1/s1. The van der Waals surface area contributed by atoms with Gasteiger partial charge in [-0.05, 0) is 38.5 Å². The molecule has 2 aliphatic rings. The molecule has 0 aromatic heterocycles. The van der Waals surface area contributed by atoms with Crippen LogP contribution in [0.25, 0.3) is 0 Å². The molecule has 1 unspecified atom stereocenters. The molecule has 2 rings (SSSR count). The van der Waals surface area contributed by atoms with Crippen LogP contribution in [0.5, 0.6) is 0 Å². The zero-order valence-electron chi connectivity index (χ0n) is 11.8. The fourth-order valence-electron chi connectivity index (χ4n) is 3.09. The monoisotopic (exact) mass is 271 g/mol. The Hall–Kier alpha value is -0.110. The summed E-state index contributed by atoms with van der Waals surface area (Å²) in [5, 5.41) is 0. The largest absolute Gasteiger partial charge is 0.317 e. The number of hydrogen-bond donors (Lipinski definition) is 0. The van der Waals surface area contributed by atoms with Gasteiger partial charge in [-0.1, -0.05) is 26.3 Å². The Bertz CT molecular complexity index is 285. The van der Waals surface area contributed by atoms with Crippen LogP contribution in [0, 0.1) is 11.8 Å². The highest BCUT2D eigenvalue weighted by atomic mass is 31.2. The van der Waals surface area contributed by atoms with E-state index >= 15 is 0 Å². The molecule has 0 amide bonds. The summed E-state index contributed by atoms with van der Waals surface area (Å²) in [6.45, 7) is 11.3. The minimum atomic E-state index is -0.956. The summed E-state index contributed by atoms with van der Waals surface area (Å²) in [4.78, 5) is 0. The zero-order chi connectivity index (χ0) is 13.1. The third kappa shape index (κ3) is 3.07. The van der Waals surface area contributed by atoms with Crippen LogP contribution in [0.1, 0.15) is 46.5 Å². The zero-order valence-corrected chi connectivity index (χ0v) is 12.7. The summed E-state index contributed by atoms with van der Waals surface area (Å²) in [5.41, 5.74) is 0. The molecule has 0 aromatic rings. The molecule has 18 heavy (non-hydrogen) atoms. The Morgan fingerprint density at radius 2 is 2.11 bits per heavy atom. The van der Waals surface area contributed by atoms with E-state index < -0.39 is 8.53 Å². The lowest BCUT2D eigenvalue weighted by atomic mass is 9.77. The van der Waals surface area contributed by atoms with Gasteiger partial charge in [0, 0.05) is 12.2 Å². The van der Waals surface area contributed by atoms with Crippen molar-refractivity contribution in [3.63, 3.8) is 0 Å². The van der Waals surface area contributed by atoms with Crippen molar-refractivity contribution in [3.8, 4) is 0 Å². The SMILES string of the molecule is C=CN1[C@@H]2CCCCC2[C@H](C)CO[P@]1OC(C)C. The lowest BCUT2D eigenvalue weighted by Crippen LogP contribution is -2.38. The molecular weight excluding hydrogens is 245 g/mol. The topological polar surface area (TPSA) is 21.7 Å². The lowest BCUT2D eigenvalue weighted by Gasteiger charge is -2.40. The van der Waals surface area contributed by atoms with Crippen LogP contribution in [-0.4, -0.2) is 23.4 Å². The molecule has 4 heteroatoms. The first-order valence-electron chi connectivity index (χ1n) is 7.14. The predicted molar refractivity (Wildman–Crippen MR) is 76.0 cm³/mol. The first kappa shape index (κ1) is 14.3. The Kier molecular flexibility index (Phi) is 5.06. The molecule has 0 aromatic carbocycles. The van der Waals surface area contributed by atoms with Gasteiger partial charge in [-0.2, -0.15) is 0 Å². The number of fused-ring (bicyclic) bond motifs is 1. The quantitative estimate of drug-likeness (QED) is 0.714. The Labute approximate surface area is 112 Å². The first-order valence-corrected chi connectivity index (χ1v) is 8.27. The smallest absolute Gasteiger partial charge is 0.289 e. The van der Waals surface area contributed by atoms with Crippen molar-refractivity contribution in [2.45, 2.75) is 58.6 Å². The molecule has 1 saturated heterocycles. The average Bonchev–Trinajstić information content (AvgIpc) is 2.47. The Morgan fingerprint density at radius 3 is 2.78 bits per heavy atom. The minimum Gasteiger partial charge on any atom is -0.317 e. The van der Waals surface area contributed by atoms with Crippen molar-refractivity contribution in [2.75, 3.05) is 6.61 Å². The fourth-order valence-corrected chi connectivity index (χ4v) is 4.78. The van der Waals surface area contributed by atoms with Gasteiger partial charge in [0.05, 0.1) is 12.7 Å². The second-order valence-corrected chi connectivity index (χ2v) is 7.15. The maximum atomic E-state index is 6.02. The van der Waals surface area contributed by atoms with Crippen LogP contribution in [0.15, 0.2) is 12.8 Å². The van der Waals surface area contributed by atoms with Crippen molar-refractivity contribution in [1.29, 1.82) is 0 Å². The summed E-state index contributed by atoms with van der Waals surface area (Å²) in [5.74, 6) is 1.36. The molecule has 1 aliphatic heterocycles. The molecule has 1 saturated carbocycles. The highest BCUT2D eigenvalue weighted by Crippen LogP contribution is 2.53. The molecule has 0 bridgehead atoms. The fraction of sp³-hybridized carbons (Fsp3) is 0.857. The van der Waals surface area contributed by atoms with Gasteiger partial charge in [-0.25, -0.2) is 0 Å². The van der Waals surface area contributed by atoms with Crippen molar-refractivity contribution in [1.82, 2.24) is 4.67 Å². The van der Waals surface area contributed by atoms with Gasteiger partial charge in [0.2, 0.25) is 0 Å².